The summed E-state index contributed by atoms with van der Waals surface area (Å²) in [5.41, 5.74) is 0. The third kappa shape index (κ3) is 3.18. The van der Waals surface area contributed by atoms with Crippen LogP contribution in [0.15, 0.2) is 15.2 Å². The minimum Gasteiger partial charge on any atom is -0.311 e. The molecule has 1 aliphatic heterocycles. The van der Waals surface area contributed by atoms with Gasteiger partial charge in [-0.15, -0.1) is 10.2 Å². The molecule has 0 bridgehead atoms. The van der Waals surface area contributed by atoms with E-state index < -0.39 is 19.7 Å². The molecule has 8 heteroatoms. The predicted molar refractivity (Wildman–Crippen MR) is 60.6 cm³/mol. The van der Waals surface area contributed by atoms with Crippen LogP contribution in [0.2, 0.25) is 0 Å². The molecule has 2 atom stereocenters. The molecule has 0 aliphatic carbocycles. The highest BCUT2D eigenvalue weighted by molar-refractivity contribution is 7.54. The number of hydrogen-bond donors (Lipinski definition) is 1. The van der Waals surface area contributed by atoms with Crippen LogP contribution >= 0.6 is 7.60 Å². The zero-order valence-electron chi connectivity index (χ0n) is 9.66. The third-order valence-electron chi connectivity index (χ3n) is 2.23. The summed E-state index contributed by atoms with van der Waals surface area (Å²) in [5, 5.41) is 10.4. The average molecular weight is 248 g/mol. The number of nitrogens with zero attached hydrogens (tertiary/aromatic N) is 3. The maximum Gasteiger partial charge on any atom is 0.347 e. The summed E-state index contributed by atoms with van der Waals surface area (Å²) in [5.74, 6) is -0.424. The average Bonchev–Trinajstić information content (AvgIpc) is 2.80. The Morgan fingerprint density at radius 2 is 2.19 bits per heavy atom. The Labute approximate surface area is 94.9 Å². The molecule has 0 aromatic heterocycles. The highest BCUT2D eigenvalue weighted by Gasteiger charge is 2.35. The van der Waals surface area contributed by atoms with Crippen LogP contribution in [-0.2, 0) is 13.6 Å². The minimum absolute atomic E-state index is 0.424. The van der Waals surface area contributed by atoms with Gasteiger partial charge < -0.3 is 9.05 Å². The molecule has 16 heavy (non-hydrogen) atoms. The highest BCUT2D eigenvalue weighted by atomic mass is 31.2. The Kier molecular flexibility index (Phi) is 5.21. The van der Waals surface area contributed by atoms with Crippen molar-refractivity contribution in [2.75, 3.05) is 14.2 Å². The molecule has 0 saturated carbocycles. The van der Waals surface area contributed by atoms with Gasteiger partial charge in [0.2, 0.25) is 6.29 Å². The van der Waals surface area contributed by atoms with Gasteiger partial charge in [-0.3, -0.25) is 9.88 Å². The maximum atomic E-state index is 12.2. The summed E-state index contributed by atoms with van der Waals surface area (Å²) < 4.78 is 22.1. The molecule has 1 rings (SSSR count). The van der Waals surface area contributed by atoms with Gasteiger partial charge in [0.1, 0.15) is 12.1 Å². The minimum atomic E-state index is -3.15. The van der Waals surface area contributed by atoms with Crippen molar-refractivity contribution in [2.45, 2.75) is 31.8 Å². The van der Waals surface area contributed by atoms with E-state index in [1.54, 1.807) is 0 Å². The summed E-state index contributed by atoms with van der Waals surface area (Å²) >= 11 is 0. The van der Waals surface area contributed by atoms with Crippen LogP contribution in [0.1, 0.15) is 19.8 Å². The van der Waals surface area contributed by atoms with E-state index in [-0.39, 0.29) is 0 Å². The number of azo groups is 1. The van der Waals surface area contributed by atoms with Crippen LogP contribution in [0.3, 0.4) is 0 Å². The lowest BCUT2D eigenvalue weighted by atomic mass is 10.3. The normalized spacial score (nSPS) is 21.6. The van der Waals surface area contributed by atoms with E-state index >= 15 is 0 Å². The van der Waals surface area contributed by atoms with E-state index in [0.717, 1.165) is 6.42 Å². The van der Waals surface area contributed by atoms with Crippen molar-refractivity contribution in [1.29, 1.82) is 0 Å². The van der Waals surface area contributed by atoms with Gasteiger partial charge in [0, 0.05) is 14.2 Å². The Morgan fingerprint density at radius 3 is 2.62 bits per heavy atom. The van der Waals surface area contributed by atoms with Gasteiger partial charge >= 0.3 is 7.60 Å². The Hall–Kier alpha value is -0.620. The number of nitrogens with one attached hydrogen (secondary N) is 1. The van der Waals surface area contributed by atoms with Gasteiger partial charge in [0.15, 0.2) is 0 Å². The SMILES string of the molecule is CCCC(NC1N=CN=N1)P(=O)(OC)OC. The van der Waals surface area contributed by atoms with Crippen LogP contribution in [0, 0.1) is 0 Å². The van der Waals surface area contributed by atoms with E-state index in [1.165, 1.54) is 20.6 Å². The molecule has 0 spiro atoms. The first-order valence-electron chi connectivity index (χ1n) is 5.05. The van der Waals surface area contributed by atoms with Crippen LogP contribution < -0.4 is 5.32 Å². The van der Waals surface area contributed by atoms with Gasteiger partial charge in [0.25, 0.3) is 0 Å². The molecular formula is C8H17N4O3P. The fourth-order valence-corrected chi connectivity index (χ4v) is 2.95. The molecule has 0 radical (unpaired) electrons. The van der Waals surface area contributed by atoms with Crippen LogP contribution in [0.4, 0.5) is 0 Å². The summed E-state index contributed by atoms with van der Waals surface area (Å²) in [7, 11) is -0.409. The molecular weight excluding hydrogens is 231 g/mol. The van der Waals surface area contributed by atoms with Gasteiger partial charge in [-0.05, 0) is 6.42 Å². The smallest absolute Gasteiger partial charge is 0.311 e. The third-order valence-corrected chi connectivity index (χ3v) is 4.42. The van der Waals surface area contributed by atoms with E-state index in [9.17, 15) is 4.57 Å². The van der Waals surface area contributed by atoms with Gasteiger partial charge in [0.05, 0.1) is 0 Å². The first kappa shape index (κ1) is 13.4. The van der Waals surface area contributed by atoms with E-state index in [0.29, 0.717) is 6.42 Å². The molecule has 0 aromatic rings. The van der Waals surface area contributed by atoms with Crippen LogP contribution in [-0.4, -0.2) is 32.6 Å². The zero-order valence-corrected chi connectivity index (χ0v) is 10.6. The standard InChI is InChI=1S/C8H17N4O3P/c1-4-5-7(16(13,14-2)15-3)11-8-9-6-10-12-8/h6-8,11H,4-5H2,1-3H3. The summed E-state index contributed by atoms with van der Waals surface area (Å²) in [6, 6.07) is 0. The molecule has 0 saturated heterocycles. The molecule has 0 amide bonds. The largest absolute Gasteiger partial charge is 0.347 e. The van der Waals surface area contributed by atoms with Crippen LogP contribution in [0.5, 0.6) is 0 Å². The van der Waals surface area contributed by atoms with Crippen molar-refractivity contribution >= 4 is 13.9 Å². The van der Waals surface area contributed by atoms with Crippen molar-refractivity contribution in [3.8, 4) is 0 Å². The first-order chi connectivity index (χ1) is 7.66. The molecule has 1 aliphatic rings. The Balaban J connectivity index is 2.69. The monoisotopic (exact) mass is 248 g/mol. The van der Waals surface area contributed by atoms with Gasteiger partial charge in [-0.2, -0.15) is 0 Å². The number of aliphatic imine (C=N–C) groups is 1. The van der Waals surface area contributed by atoms with Crippen molar-refractivity contribution in [2.24, 2.45) is 15.2 Å². The van der Waals surface area contributed by atoms with E-state index in [1.807, 2.05) is 6.92 Å². The fraction of sp³-hybridized carbons (Fsp3) is 0.875. The van der Waals surface area contributed by atoms with E-state index in [4.69, 9.17) is 9.05 Å². The maximum absolute atomic E-state index is 12.2. The molecule has 92 valence electrons. The number of rotatable bonds is 7. The van der Waals surface area contributed by atoms with Crippen molar-refractivity contribution < 1.29 is 13.6 Å². The molecule has 0 aromatic carbocycles. The Morgan fingerprint density at radius 1 is 1.50 bits per heavy atom. The second-order valence-corrected chi connectivity index (χ2v) is 5.68. The van der Waals surface area contributed by atoms with E-state index in [2.05, 4.69) is 20.5 Å². The molecule has 0 fully saturated rings. The predicted octanol–water partition coefficient (Wildman–Crippen LogP) is 1.97. The first-order valence-corrected chi connectivity index (χ1v) is 6.66. The van der Waals surface area contributed by atoms with Crippen molar-refractivity contribution in [3.63, 3.8) is 0 Å². The van der Waals surface area contributed by atoms with Crippen LogP contribution in [0.25, 0.3) is 0 Å². The lowest BCUT2D eigenvalue weighted by Gasteiger charge is -2.25. The lowest BCUT2D eigenvalue weighted by Crippen LogP contribution is -2.36. The van der Waals surface area contributed by atoms with Gasteiger partial charge in [-0.1, -0.05) is 13.3 Å². The highest BCUT2D eigenvalue weighted by Crippen LogP contribution is 2.52. The molecule has 2 unspecified atom stereocenters. The van der Waals surface area contributed by atoms with Crippen molar-refractivity contribution in [3.05, 3.63) is 0 Å². The summed E-state index contributed by atoms with van der Waals surface area (Å²) in [6.45, 7) is 1.99. The summed E-state index contributed by atoms with van der Waals surface area (Å²) in [6.07, 6.45) is 2.36. The van der Waals surface area contributed by atoms with Crippen molar-refractivity contribution in [1.82, 2.24) is 5.32 Å². The lowest BCUT2D eigenvalue weighted by molar-refractivity contribution is 0.252. The molecule has 1 N–H and O–H groups in total. The fourth-order valence-electron chi connectivity index (χ4n) is 1.40. The second kappa shape index (κ2) is 6.20. The Bertz CT molecular complexity index is 300. The quantitative estimate of drug-likeness (QED) is 0.698. The molecule has 7 nitrogen and oxygen atoms in total. The zero-order chi connectivity index (χ0) is 12.0. The topological polar surface area (TPSA) is 84.6 Å². The van der Waals surface area contributed by atoms with Gasteiger partial charge in [-0.25, -0.2) is 4.99 Å². The number of hydrogen-bond acceptors (Lipinski definition) is 7. The second-order valence-electron chi connectivity index (χ2n) is 3.25. The molecule has 1 heterocycles. The summed E-state index contributed by atoms with van der Waals surface area (Å²) in [4.78, 5) is 3.94.